The third kappa shape index (κ3) is 3.20. The van der Waals surface area contributed by atoms with Gasteiger partial charge in [0, 0.05) is 11.4 Å². The van der Waals surface area contributed by atoms with Gasteiger partial charge in [-0.15, -0.1) is 0 Å². The summed E-state index contributed by atoms with van der Waals surface area (Å²) >= 11 is 5.95. The molecule has 20 heavy (non-hydrogen) atoms. The zero-order valence-corrected chi connectivity index (χ0v) is 12.6. The quantitative estimate of drug-likeness (QED) is 0.780. The maximum Gasteiger partial charge on any atom is 0.171 e. The number of rotatable bonds is 4. The van der Waals surface area contributed by atoms with Gasteiger partial charge in [-0.3, -0.25) is 4.79 Å². The van der Waals surface area contributed by atoms with E-state index >= 15 is 0 Å². The Balaban J connectivity index is 2.34. The smallest absolute Gasteiger partial charge is 0.171 e. The summed E-state index contributed by atoms with van der Waals surface area (Å²) in [5.41, 5.74) is 3.58. The summed E-state index contributed by atoms with van der Waals surface area (Å²) in [6.45, 7) is 3.92. The number of carbonyl (C=O) groups excluding carboxylic acids is 1. The molecule has 3 heteroatoms. The number of hydrogen-bond acceptors (Lipinski definition) is 2. The first kappa shape index (κ1) is 14.6. The second kappa shape index (κ2) is 6.10. The first-order valence-corrected chi connectivity index (χ1v) is 6.82. The van der Waals surface area contributed by atoms with Gasteiger partial charge in [0.2, 0.25) is 0 Å². The van der Waals surface area contributed by atoms with E-state index in [1.165, 1.54) is 0 Å². The summed E-state index contributed by atoms with van der Waals surface area (Å²) in [7, 11) is 1.59. The van der Waals surface area contributed by atoms with E-state index in [1.807, 2.05) is 44.2 Å². The molecule has 104 valence electrons. The predicted molar refractivity (Wildman–Crippen MR) is 82.0 cm³/mol. The zero-order chi connectivity index (χ0) is 14.7. The first-order valence-electron chi connectivity index (χ1n) is 6.44. The maximum absolute atomic E-state index is 12.5. The average Bonchev–Trinajstić information content (AvgIpc) is 2.37. The maximum atomic E-state index is 12.5. The van der Waals surface area contributed by atoms with Gasteiger partial charge in [0.25, 0.3) is 0 Å². The highest BCUT2D eigenvalue weighted by Crippen LogP contribution is 2.26. The Bertz CT molecular complexity index is 647. The number of aryl methyl sites for hydroxylation is 2. The molecule has 2 aromatic rings. The van der Waals surface area contributed by atoms with Gasteiger partial charge < -0.3 is 4.74 Å². The van der Waals surface area contributed by atoms with Crippen molar-refractivity contribution in [2.24, 2.45) is 0 Å². The molecular formula is C17H17ClO2. The summed E-state index contributed by atoms with van der Waals surface area (Å²) in [5, 5.41) is 0.642. The van der Waals surface area contributed by atoms with Crippen LogP contribution in [0.4, 0.5) is 0 Å². The lowest BCUT2D eigenvalue weighted by Crippen LogP contribution is -2.08. The van der Waals surface area contributed by atoms with E-state index in [2.05, 4.69) is 0 Å². The van der Waals surface area contributed by atoms with Crippen LogP contribution in [0, 0.1) is 13.8 Å². The number of Topliss-reactive ketones (excluding diaryl/α,β-unsaturated/α-hetero) is 1. The van der Waals surface area contributed by atoms with Crippen molar-refractivity contribution in [3.8, 4) is 5.75 Å². The predicted octanol–water partition coefficient (Wildman–Crippen LogP) is 4.39. The van der Waals surface area contributed by atoms with Crippen LogP contribution in [-0.4, -0.2) is 12.9 Å². The molecular weight excluding hydrogens is 272 g/mol. The standard InChI is InChI=1S/C17H17ClO2/c1-11-7-12(2)17(16(8-11)20-3)15(19)10-13-5-4-6-14(18)9-13/h4-9H,10H2,1-3H3. The molecule has 0 aliphatic carbocycles. The Labute approximate surface area is 124 Å². The highest BCUT2D eigenvalue weighted by atomic mass is 35.5. The molecule has 0 amide bonds. The largest absolute Gasteiger partial charge is 0.496 e. The molecule has 0 fully saturated rings. The SMILES string of the molecule is COc1cc(C)cc(C)c1C(=O)Cc1cccc(Cl)c1. The van der Waals surface area contributed by atoms with Crippen LogP contribution in [0.1, 0.15) is 27.0 Å². The molecule has 2 aromatic carbocycles. The van der Waals surface area contributed by atoms with Crippen LogP contribution in [0.15, 0.2) is 36.4 Å². The Hall–Kier alpha value is -1.80. The lowest BCUT2D eigenvalue weighted by molar-refractivity contribution is 0.0989. The van der Waals surface area contributed by atoms with Crippen molar-refractivity contribution in [3.05, 3.63) is 63.7 Å². The van der Waals surface area contributed by atoms with E-state index in [1.54, 1.807) is 13.2 Å². The van der Waals surface area contributed by atoms with E-state index in [0.717, 1.165) is 16.7 Å². The molecule has 0 N–H and O–H groups in total. The van der Waals surface area contributed by atoms with E-state index in [-0.39, 0.29) is 5.78 Å². The van der Waals surface area contributed by atoms with Crippen molar-refractivity contribution in [3.63, 3.8) is 0 Å². The minimum absolute atomic E-state index is 0.0432. The lowest BCUT2D eigenvalue weighted by atomic mass is 9.96. The second-order valence-electron chi connectivity index (χ2n) is 4.89. The topological polar surface area (TPSA) is 26.3 Å². The molecule has 0 radical (unpaired) electrons. The molecule has 0 atom stereocenters. The fourth-order valence-corrected chi connectivity index (χ4v) is 2.58. The normalized spacial score (nSPS) is 10.4. The van der Waals surface area contributed by atoms with Crippen molar-refractivity contribution < 1.29 is 9.53 Å². The van der Waals surface area contributed by atoms with Crippen LogP contribution >= 0.6 is 11.6 Å². The van der Waals surface area contributed by atoms with Gasteiger partial charge in [0.05, 0.1) is 12.7 Å². The Morgan fingerprint density at radius 3 is 2.60 bits per heavy atom. The number of halogens is 1. The van der Waals surface area contributed by atoms with Crippen LogP contribution in [0.5, 0.6) is 5.75 Å². The number of hydrogen-bond donors (Lipinski definition) is 0. The Kier molecular flexibility index (Phi) is 4.46. The molecule has 0 aromatic heterocycles. The van der Waals surface area contributed by atoms with Gasteiger partial charge in [-0.2, -0.15) is 0 Å². The lowest BCUT2D eigenvalue weighted by Gasteiger charge is -2.12. The van der Waals surface area contributed by atoms with Crippen LogP contribution in [0.2, 0.25) is 5.02 Å². The monoisotopic (exact) mass is 288 g/mol. The molecule has 0 aliphatic heterocycles. The number of ketones is 1. The van der Waals surface area contributed by atoms with E-state index < -0.39 is 0 Å². The zero-order valence-electron chi connectivity index (χ0n) is 11.9. The van der Waals surface area contributed by atoms with E-state index in [0.29, 0.717) is 22.8 Å². The summed E-state index contributed by atoms with van der Waals surface area (Å²) in [5.74, 6) is 0.677. The van der Waals surface area contributed by atoms with Crippen molar-refractivity contribution in [2.75, 3.05) is 7.11 Å². The molecule has 0 spiro atoms. The number of methoxy groups -OCH3 is 1. The summed E-state index contributed by atoms with van der Waals surface area (Å²) < 4.78 is 5.34. The molecule has 2 nitrogen and oxygen atoms in total. The van der Waals surface area contributed by atoms with E-state index in [4.69, 9.17) is 16.3 Å². The third-order valence-electron chi connectivity index (χ3n) is 3.20. The fraction of sp³-hybridized carbons (Fsp3) is 0.235. The third-order valence-corrected chi connectivity index (χ3v) is 3.43. The van der Waals surface area contributed by atoms with Crippen molar-refractivity contribution in [2.45, 2.75) is 20.3 Å². The van der Waals surface area contributed by atoms with Gasteiger partial charge in [0.15, 0.2) is 5.78 Å². The molecule has 0 bridgehead atoms. The van der Waals surface area contributed by atoms with Crippen LogP contribution in [0.3, 0.4) is 0 Å². The minimum atomic E-state index is 0.0432. The molecule has 2 rings (SSSR count). The van der Waals surface area contributed by atoms with Crippen LogP contribution < -0.4 is 4.74 Å². The van der Waals surface area contributed by atoms with Gasteiger partial charge in [0.1, 0.15) is 5.75 Å². The van der Waals surface area contributed by atoms with E-state index in [9.17, 15) is 4.79 Å². The van der Waals surface area contributed by atoms with Gasteiger partial charge in [-0.1, -0.05) is 29.8 Å². The number of carbonyl (C=O) groups is 1. The minimum Gasteiger partial charge on any atom is -0.496 e. The number of ether oxygens (including phenoxy) is 1. The molecule has 0 saturated carbocycles. The average molecular weight is 289 g/mol. The summed E-state index contributed by atoms with van der Waals surface area (Å²) in [4.78, 5) is 12.5. The highest BCUT2D eigenvalue weighted by molar-refractivity contribution is 6.30. The molecule has 0 aliphatic rings. The van der Waals surface area contributed by atoms with Gasteiger partial charge >= 0.3 is 0 Å². The van der Waals surface area contributed by atoms with Gasteiger partial charge in [-0.05, 0) is 48.7 Å². The van der Waals surface area contributed by atoms with Crippen molar-refractivity contribution in [1.29, 1.82) is 0 Å². The fourth-order valence-electron chi connectivity index (χ4n) is 2.37. The van der Waals surface area contributed by atoms with Gasteiger partial charge in [-0.25, -0.2) is 0 Å². The summed E-state index contributed by atoms with van der Waals surface area (Å²) in [6, 6.07) is 11.2. The Morgan fingerprint density at radius 2 is 1.95 bits per heavy atom. The molecule has 0 heterocycles. The summed E-state index contributed by atoms with van der Waals surface area (Å²) in [6.07, 6.45) is 0.320. The van der Waals surface area contributed by atoms with Crippen molar-refractivity contribution >= 4 is 17.4 Å². The Morgan fingerprint density at radius 1 is 1.20 bits per heavy atom. The van der Waals surface area contributed by atoms with Crippen LogP contribution in [-0.2, 0) is 6.42 Å². The first-order chi connectivity index (χ1) is 9.51. The second-order valence-corrected chi connectivity index (χ2v) is 5.33. The number of benzene rings is 2. The highest BCUT2D eigenvalue weighted by Gasteiger charge is 2.16. The van der Waals surface area contributed by atoms with Crippen LogP contribution in [0.25, 0.3) is 0 Å². The molecule has 0 unspecified atom stereocenters. The van der Waals surface area contributed by atoms with Crippen molar-refractivity contribution in [1.82, 2.24) is 0 Å². The molecule has 0 saturated heterocycles.